The number of para-hydroxylation sites is 3. The molecule has 0 atom stereocenters. The van der Waals surface area contributed by atoms with Crippen LogP contribution in [-0.2, 0) is 31.9 Å². The van der Waals surface area contributed by atoms with E-state index in [4.69, 9.17) is 9.72 Å². The van der Waals surface area contributed by atoms with Gasteiger partial charge in [0.15, 0.2) is 0 Å². The fourth-order valence-corrected chi connectivity index (χ4v) is 9.00. The van der Waals surface area contributed by atoms with Crippen molar-refractivity contribution in [2.24, 2.45) is 0 Å². The zero-order valence-electron chi connectivity index (χ0n) is 38.3. The van der Waals surface area contributed by atoms with Gasteiger partial charge < -0.3 is 26.5 Å². The van der Waals surface area contributed by atoms with E-state index in [2.05, 4.69) is 239 Å². The molecule has 7 aromatic carbocycles. The van der Waals surface area contributed by atoms with E-state index < -0.39 is 0 Å². The number of aromatic nitrogens is 2. The van der Waals surface area contributed by atoms with Crippen molar-refractivity contribution in [3.8, 4) is 28.4 Å². The van der Waals surface area contributed by atoms with Crippen molar-refractivity contribution in [1.29, 1.82) is 0 Å². The number of fused-ring (bicyclic) bond motifs is 4. The Balaban J connectivity index is 0.00000288. The molecule has 10 rings (SSSR count). The molecule has 0 N–H and O–H groups in total. The molecule has 2 aromatic heterocycles. The minimum absolute atomic E-state index is 0. The maximum atomic E-state index is 6.91. The molecule has 0 saturated carbocycles. The third-order valence-electron chi connectivity index (χ3n) is 12.6. The third-order valence-corrected chi connectivity index (χ3v) is 12.6. The van der Waals surface area contributed by atoms with Crippen LogP contribution < -0.4 is 14.5 Å². The van der Waals surface area contributed by atoms with Crippen LogP contribution >= 0.6 is 0 Å². The zero-order chi connectivity index (χ0) is 43.5. The number of ether oxygens (including phenoxy) is 1. The molecule has 326 valence electrons. The molecule has 1 aliphatic heterocycles. The van der Waals surface area contributed by atoms with Crippen LogP contribution in [0, 0.1) is 26.2 Å². The van der Waals surface area contributed by atoms with Crippen LogP contribution in [-0.4, -0.2) is 9.55 Å². The SMILES string of the molecule is CC(C)c1ccccc1-c1cc(Oc2[c-]c3c(cc2)c2ccccc2n3-c2cc(C(C)(C)C)ccn2)[c-]c(N2[CH-]N(c3cccc(C(C)(C)c4ccccc4)c3)c3ccccc32)c1.[CH3-].[Pt+4]. The summed E-state index contributed by atoms with van der Waals surface area (Å²) >= 11 is 0. The summed E-state index contributed by atoms with van der Waals surface area (Å²) < 4.78 is 9.12. The Morgan fingerprint density at radius 2 is 1.29 bits per heavy atom. The number of rotatable bonds is 9. The maximum Gasteiger partial charge on any atom is 4.00 e. The van der Waals surface area contributed by atoms with Gasteiger partial charge in [-0.2, -0.15) is 6.07 Å². The molecular formula is C59H54N4OPt. The van der Waals surface area contributed by atoms with E-state index in [1.165, 1.54) is 22.3 Å². The standard InChI is InChI=1S/C58H51N4O.CH3.Pt/c1-39(2)48-22-11-12-23-49(48)40-32-45(61-38-60(53-26-15-16-27-54(53)61)44-21-17-20-43(34-44)58(6,7)41-18-9-8-10-19-41)36-47(33-40)63-46-28-29-51-50-24-13-14-25-52(50)62(55(51)37-46)56-35-42(30-31-59-56)57(3,4)5;;/h8-35,38-39H,1-7H3;1H3;/q-3;-1;+4. The summed E-state index contributed by atoms with van der Waals surface area (Å²) in [5.74, 6) is 2.37. The van der Waals surface area contributed by atoms with Crippen LogP contribution in [0.5, 0.6) is 11.5 Å². The van der Waals surface area contributed by atoms with Crippen molar-refractivity contribution < 1.29 is 25.8 Å². The predicted octanol–water partition coefficient (Wildman–Crippen LogP) is 15.8. The Bertz CT molecular complexity index is 3140. The first-order valence-corrected chi connectivity index (χ1v) is 21.9. The van der Waals surface area contributed by atoms with Crippen molar-refractivity contribution in [3.63, 3.8) is 0 Å². The molecule has 0 aliphatic carbocycles. The molecule has 0 fully saturated rings. The van der Waals surface area contributed by atoms with E-state index in [0.717, 1.165) is 61.5 Å². The van der Waals surface area contributed by atoms with Crippen molar-refractivity contribution in [2.45, 2.75) is 65.2 Å². The van der Waals surface area contributed by atoms with Crippen LogP contribution in [0.4, 0.5) is 22.7 Å². The molecule has 0 bridgehead atoms. The molecule has 0 amide bonds. The Morgan fingerprint density at radius 3 is 2.06 bits per heavy atom. The summed E-state index contributed by atoms with van der Waals surface area (Å²) in [5.41, 5.74) is 13.1. The van der Waals surface area contributed by atoms with Crippen molar-refractivity contribution in [3.05, 3.63) is 218 Å². The Hall–Kier alpha value is -6.42. The van der Waals surface area contributed by atoms with E-state index >= 15 is 0 Å². The number of hydrogen-bond acceptors (Lipinski definition) is 4. The van der Waals surface area contributed by atoms with Gasteiger partial charge in [-0.1, -0.05) is 151 Å². The molecule has 1 aliphatic rings. The smallest absolute Gasteiger partial charge is 0.509 e. The quantitative estimate of drug-likeness (QED) is 0.135. The van der Waals surface area contributed by atoms with Crippen molar-refractivity contribution >= 4 is 44.6 Å². The van der Waals surface area contributed by atoms with Gasteiger partial charge in [-0.25, -0.2) is 4.98 Å². The molecular weight excluding hydrogens is 976 g/mol. The summed E-state index contributed by atoms with van der Waals surface area (Å²) in [7, 11) is 0. The second kappa shape index (κ2) is 17.9. The molecule has 9 aromatic rings. The first-order chi connectivity index (χ1) is 30.4. The van der Waals surface area contributed by atoms with Gasteiger partial charge in [0.25, 0.3) is 0 Å². The molecule has 5 nitrogen and oxygen atoms in total. The number of anilines is 4. The van der Waals surface area contributed by atoms with Gasteiger partial charge in [0.1, 0.15) is 5.82 Å². The number of hydrogen-bond donors (Lipinski definition) is 0. The second-order valence-electron chi connectivity index (χ2n) is 18.4. The van der Waals surface area contributed by atoms with Crippen LogP contribution in [0.3, 0.4) is 0 Å². The molecule has 0 saturated heterocycles. The minimum Gasteiger partial charge on any atom is -0.509 e. The van der Waals surface area contributed by atoms with E-state index in [1.807, 2.05) is 12.3 Å². The van der Waals surface area contributed by atoms with Gasteiger partial charge in [0.05, 0.1) is 0 Å². The van der Waals surface area contributed by atoms with Crippen LogP contribution in [0.25, 0.3) is 38.8 Å². The molecule has 0 radical (unpaired) electrons. The normalized spacial score (nSPS) is 12.6. The zero-order valence-corrected chi connectivity index (χ0v) is 40.6. The topological polar surface area (TPSA) is 33.5 Å². The summed E-state index contributed by atoms with van der Waals surface area (Å²) in [4.78, 5) is 9.41. The van der Waals surface area contributed by atoms with Crippen LogP contribution in [0.2, 0.25) is 0 Å². The fraction of sp³-hybridized carbons (Fsp3) is 0.169. The van der Waals surface area contributed by atoms with E-state index in [9.17, 15) is 0 Å². The van der Waals surface area contributed by atoms with Crippen molar-refractivity contribution in [2.75, 3.05) is 9.80 Å². The monoisotopic (exact) mass is 1030 g/mol. The molecule has 65 heavy (non-hydrogen) atoms. The number of nitrogens with zero attached hydrogens (tertiary/aromatic N) is 4. The van der Waals surface area contributed by atoms with Gasteiger partial charge in [-0.15, -0.1) is 53.6 Å². The number of benzene rings is 7. The van der Waals surface area contributed by atoms with Gasteiger partial charge in [-0.05, 0) is 87.0 Å². The summed E-state index contributed by atoms with van der Waals surface area (Å²) in [6, 6.07) is 65.6. The van der Waals surface area contributed by atoms with Crippen LogP contribution in [0.15, 0.2) is 170 Å². The van der Waals surface area contributed by atoms with E-state index in [-0.39, 0.29) is 39.3 Å². The fourth-order valence-electron chi connectivity index (χ4n) is 9.00. The van der Waals surface area contributed by atoms with Crippen molar-refractivity contribution in [1.82, 2.24) is 9.55 Å². The molecule has 3 heterocycles. The largest absolute Gasteiger partial charge is 4.00 e. The Morgan fingerprint density at radius 1 is 0.600 bits per heavy atom. The van der Waals surface area contributed by atoms with Gasteiger partial charge in [0.2, 0.25) is 0 Å². The van der Waals surface area contributed by atoms with Crippen LogP contribution in [0.1, 0.15) is 76.6 Å². The first kappa shape index (κ1) is 45.2. The molecule has 0 spiro atoms. The summed E-state index contributed by atoms with van der Waals surface area (Å²) in [5, 5.41) is 2.23. The van der Waals surface area contributed by atoms with E-state index in [0.29, 0.717) is 17.4 Å². The third kappa shape index (κ3) is 8.39. The average Bonchev–Trinajstić information content (AvgIpc) is 3.85. The van der Waals surface area contributed by atoms with Gasteiger partial charge in [0, 0.05) is 45.7 Å². The van der Waals surface area contributed by atoms with E-state index in [1.54, 1.807) is 0 Å². The first-order valence-electron chi connectivity index (χ1n) is 21.9. The van der Waals surface area contributed by atoms with Gasteiger partial charge >= 0.3 is 21.1 Å². The predicted molar refractivity (Wildman–Crippen MR) is 267 cm³/mol. The second-order valence-corrected chi connectivity index (χ2v) is 18.4. The molecule has 0 unspecified atom stereocenters. The molecule has 6 heteroatoms. The van der Waals surface area contributed by atoms with Gasteiger partial charge in [-0.3, -0.25) is 0 Å². The summed E-state index contributed by atoms with van der Waals surface area (Å²) in [6.07, 6.45) is 1.91. The Labute approximate surface area is 399 Å². The number of pyridine rings is 1. The Kier molecular flexibility index (Phi) is 12.4. The minimum atomic E-state index is -0.185. The average molecular weight is 1030 g/mol. The maximum absolute atomic E-state index is 6.91. The summed E-state index contributed by atoms with van der Waals surface area (Å²) in [6.45, 7) is 18.0.